The van der Waals surface area contributed by atoms with Gasteiger partial charge in [-0.2, -0.15) is 4.31 Å². The van der Waals surface area contributed by atoms with Crippen molar-refractivity contribution in [1.29, 1.82) is 0 Å². The van der Waals surface area contributed by atoms with Crippen molar-refractivity contribution < 1.29 is 22.5 Å². The molecular weight excluding hydrogens is 466 g/mol. The highest BCUT2D eigenvalue weighted by Crippen LogP contribution is 2.24. The number of ether oxygens (including phenoxy) is 1. The topological polar surface area (TPSA) is 102 Å². The molecule has 2 aromatic carbocycles. The molecule has 174 valence electrons. The third kappa shape index (κ3) is 5.44. The number of nitrogens with one attached hydrogen (secondary N) is 1. The van der Waals surface area contributed by atoms with Gasteiger partial charge in [-0.25, -0.2) is 8.42 Å². The first-order valence-electron chi connectivity index (χ1n) is 10.5. The maximum Gasteiger partial charge on any atom is 0.243 e. The van der Waals surface area contributed by atoms with Crippen molar-refractivity contribution in [1.82, 2.24) is 9.46 Å². The van der Waals surface area contributed by atoms with E-state index in [1.54, 1.807) is 30.3 Å². The number of benzene rings is 2. The van der Waals surface area contributed by atoms with Gasteiger partial charge in [-0.05, 0) is 38.1 Å². The Bertz CT molecular complexity index is 1230. The summed E-state index contributed by atoms with van der Waals surface area (Å²) < 4.78 is 38.5. The number of carbonyl (C=O) groups is 1. The maximum atomic E-state index is 13.1. The van der Waals surface area contributed by atoms with Crippen LogP contribution in [0.15, 0.2) is 64.0 Å². The van der Waals surface area contributed by atoms with Gasteiger partial charge in [-0.3, -0.25) is 4.79 Å². The van der Waals surface area contributed by atoms with Crippen LogP contribution in [-0.4, -0.2) is 55.5 Å². The van der Waals surface area contributed by atoms with E-state index in [0.717, 1.165) is 5.56 Å². The highest BCUT2D eigenvalue weighted by Gasteiger charge is 2.32. The largest absolute Gasteiger partial charge is 0.373 e. The van der Waals surface area contributed by atoms with Crippen LogP contribution in [0.2, 0.25) is 5.02 Å². The second-order valence-electron chi connectivity index (χ2n) is 7.97. The molecule has 8 nitrogen and oxygen atoms in total. The quantitative estimate of drug-likeness (QED) is 0.499. The van der Waals surface area contributed by atoms with Crippen molar-refractivity contribution in [3.63, 3.8) is 0 Å². The predicted molar refractivity (Wildman–Crippen MR) is 125 cm³/mol. The molecule has 1 aliphatic heterocycles. The summed E-state index contributed by atoms with van der Waals surface area (Å²) in [6, 6.07) is 14.9. The molecule has 4 rings (SSSR count). The average Bonchev–Trinajstić information content (AvgIpc) is 3.26. The Morgan fingerprint density at radius 3 is 2.52 bits per heavy atom. The van der Waals surface area contributed by atoms with Crippen LogP contribution >= 0.6 is 11.6 Å². The molecule has 33 heavy (non-hydrogen) atoms. The molecule has 2 unspecified atom stereocenters. The van der Waals surface area contributed by atoms with Crippen molar-refractivity contribution in [2.24, 2.45) is 0 Å². The number of carbonyl (C=O) groups excluding carboxylic acids is 1. The van der Waals surface area contributed by atoms with Gasteiger partial charge in [-0.15, -0.1) is 0 Å². The highest BCUT2D eigenvalue weighted by atomic mass is 35.5. The Hall–Kier alpha value is -2.72. The molecule has 0 aliphatic carbocycles. The van der Waals surface area contributed by atoms with Crippen LogP contribution in [0.3, 0.4) is 0 Å². The van der Waals surface area contributed by atoms with Crippen molar-refractivity contribution >= 4 is 33.3 Å². The zero-order valence-corrected chi connectivity index (χ0v) is 19.8. The van der Waals surface area contributed by atoms with Crippen LogP contribution in [0.5, 0.6) is 0 Å². The molecule has 1 aliphatic rings. The number of ketones is 1. The van der Waals surface area contributed by atoms with E-state index < -0.39 is 10.0 Å². The molecule has 1 fully saturated rings. The van der Waals surface area contributed by atoms with E-state index in [1.807, 2.05) is 26.0 Å². The number of halogens is 1. The van der Waals surface area contributed by atoms with Crippen LogP contribution in [0.4, 0.5) is 5.88 Å². The molecule has 0 saturated carbocycles. The Morgan fingerprint density at radius 2 is 1.82 bits per heavy atom. The fourth-order valence-corrected chi connectivity index (χ4v) is 5.45. The third-order valence-corrected chi connectivity index (χ3v) is 7.33. The van der Waals surface area contributed by atoms with Crippen LogP contribution in [0, 0.1) is 0 Å². The minimum atomic E-state index is -3.74. The molecule has 3 aromatic rings. The summed E-state index contributed by atoms with van der Waals surface area (Å²) in [6.45, 7) is 4.14. The maximum absolute atomic E-state index is 13.1. The Labute approximate surface area is 197 Å². The van der Waals surface area contributed by atoms with E-state index >= 15 is 0 Å². The lowest BCUT2D eigenvalue weighted by atomic mass is 10.1. The zero-order valence-electron chi connectivity index (χ0n) is 18.2. The summed E-state index contributed by atoms with van der Waals surface area (Å²) in [5.41, 5.74) is 1.71. The van der Waals surface area contributed by atoms with Gasteiger partial charge in [0.1, 0.15) is 5.69 Å². The fourth-order valence-electron chi connectivity index (χ4n) is 3.69. The third-order valence-electron chi connectivity index (χ3n) is 5.25. The van der Waals surface area contributed by atoms with Crippen LogP contribution in [-0.2, 0) is 14.8 Å². The van der Waals surface area contributed by atoms with Crippen molar-refractivity contribution in [3.05, 3.63) is 65.2 Å². The lowest BCUT2D eigenvalue weighted by molar-refractivity contribution is -0.0440. The van der Waals surface area contributed by atoms with E-state index in [2.05, 4.69) is 10.5 Å². The number of anilines is 1. The highest BCUT2D eigenvalue weighted by molar-refractivity contribution is 7.89. The van der Waals surface area contributed by atoms with Gasteiger partial charge in [-0.1, -0.05) is 41.0 Å². The van der Waals surface area contributed by atoms with Crippen LogP contribution in [0.1, 0.15) is 24.2 Å². The smallest absolute Gasteiger partial charge is 0.243 e. The average molecular weight is 490 g/mol. The van der Waals surface area contributed by atoms with Crippen molar-refractivity contribution in [2.45, 2.75) is 31.0 Å². The molecule has 2 heterocycles. The SMILES string of the molecule is CC1CN(S(=O)(=O)c2cccc(C(=O)CNc3cc(-c4ccc(Cl)cc4)no3)c2)CC(C)O1. The molecule has 1 saturated heterocycles. The van der Waals surface area contributed by atoms with E-state index in [9.17, 15) is 13.2 Å². The normalized spacial score (nSPS) is 19.4. The summed E-state index contributed by atoms with van der Waals surface area (Å²) in [5, 5.41) is 7.51. The number of nitrogens with zero attached hydrogens (tertiary/aromatic N) is 2. The lowest BCUT2D eigenvalue weighted by Gasteiger charge is -2.34. The van der Waals surface area contributed by atoms with Gasteiger partial charge < -0.3 is 14.6 Å². The van der Waals surface area contributed by atoms with Crippen LogP contribution in [0.25, 0.3) is 11.3 Å². The Kier molecular flexibility index (Phi) is 6.85. The molecule has 0 radical (unpaired) electrons. The molecule has 2 atom stereocenters. The Balaban J connectivity index is 1.43. The molecular formula is C23H24ClN3O5S. The standard InChI is InChI=1S/C23H24ClN3O5S/c1-15-13-27(14-16(2)31-15)33(29,30)20-5-3-4-18(10-20)22(28)12-25-23-11-21(26-32-23)17-6-8-19(24)9-7-17/h3-11,15-16,25H,12-14H2,1-2H3. The van der Waals surface area contributed by atoms with Crippen LogP contribution < -0.4 is 5.32 Å². The molecule has 0 amide bonds. The number of morpholine rings is 1. The van der Waals surface area contributed by atoms with E-state index in [1.165, 1.54) is 16.4 Å². The minimum Gasteiger partial charge on any atom is -0.373 e. The number of hydrogen-bond acceptors (Lipinski definition) is 7. The molecule has 1 N–H and O–H groups in total. The first-order valence-corrected chi connectivity index (χ1v) is 12.3. The number of sulfonamides is 1. The summed E-state index contributed by atoms with van der Waals surface area (Å²) >= 11 is 5.90. The zero-order chi connectivity index (χ0) is 23.6. The van der Waals surface area contributed by atoms with Gasteiger partial charge >= 0.3 is 0 Å². The van der Waals surface area contributed by atoms with Crippen molar-refractivity contribution in [2.75, 3.05) is 25.0 Å². The lowest BCUT2D eigenvalue weighted by Crippen LogP contribution is -2.48. The van der Waals surface area contributed by atoms with E-state index in [0.29, 0.717) is 16.6 Å². The first kappa shape index (κ1) is 23.4. The number of Topliss-reactive ketones (excluding diaryl/α,β-unsaturated/α-hetero) is 1. The number of rotatable bonds is 7. The monoisotopic (exact) mass is 489 g/mol. The first-order chi connectivity index (χ1) is 15.7. The number of hydrogen-bond donors (Lipinski definition) is 1. The minimum absolute atomic E-state index is 0.0790. The van der Waals surface area contributed by atoms with Gasteiger partial charge in [0.25, 0.3) is 0 Å². The molecule has 0 bridgehead atoms. The summed E-state index contributed by atoms with van der Waals surface area (Å²) in [6.07, 6.45) is -0.394. The second-order valence-corrected chi connectivity index (χ2v) is 10.3. The molecule has 10 heteroatoms. The molecule has 1 aromatic heterocycles. The molecule has 0 spiro atoms. The fraction of sp³-hybridized carbons (Fsp3) is 0.304. The van der Waals surface area contributed by atoms with Gasteiger partial charge in [0.15, 0.2) is 5.78 Å². The summed E-state index contributed by atoms with van der Waals surface area (Å²) in [5.74, 6) is 0.0496. The summed E-state index contributed by atoms with van der Waals surface area (Å²) in [7, 11) is -3.74. The Morgan fingerprint density at radius 1 is 1.12 bits per heavy atom. The second kappa shape index (κ2) is 9.64. The van der Waals surface area contributed by atoms with Crippen molar-refractivity contribution in [3.8, 4) is 11.3 Å². The number of aromatic nitrogens is 1. The van der Waals surface area contributed by atoms with Gasteiger partial charge in [0.2, 0.25) is 15.9 Å². The van der Waals surface area contributed by atoms with Gasteiger partial charge in [0, 0.05) is 35.3 Å². The van der Waals surface area contributed by atoms with Gasteiger partial charge in [0.05, 0.1) is 23.6 Å². The predicted octanol–water partition coefficient (Wildman–Crippen LogP) is 4.09. The summed E-state index contributed by atoms with van der Waals surface area (Å²) in [4.78, 5) is 12.8. The van der Waals surface area contributed by atoms with E-state index in [4.69, 9.17) is 20.9 Å². The van der Waals surface area contributed by atoms with E-state index in [-0.39, 0.29) is 48.1 Å².